The highest BCUT2D eigenvalue weighted by Gasteiger charge is 2.25. The van der Waals surface area contributed by atoms with Gasteiger partial charge in [-0.2, -0.15) is 4.98 Å². The van der Waals surface area contributed by atoms with Crippen molar-refractivity contribution in [1.29, 1.82) is 0 Å². The lowest BCUT2D eigenvalue weighted by atomic mass is 10.2. The molecule has 1 aromatic carbocycles. The zero-order valence-electron chi connectivity index (χ0n) is 20.7. The third-order valence-electron chi connectivity index (χ3n) is 6.02. The molecule has 3 heterocycles. The number of anilines is 3. The zero-order chi connectivity index (χ0) is 26.7. The van der Waals surface area contributed by atoms with E-state index in [0.717, 1.165) is 15.8 Å². The van der Waals surface area contributed by atoms with Gasteiger partial charge in [-0.05, 0) is 43.7 Å². The molecule has 0 fully saturated rings. The van der Waals surface area contributed by atoms with Gasteiger partial charge in [0.05, 0.1) is 12.2 Å². The summed E-state index contributed by atoms with van der Waals surface area (Å²) in [6, 6.07) is 12.1. The average molecular weight is 523 g/mol. The normalized spacial score (nSPS) is 10.9. The lowest BCUT2D eigenvalue weighted by molar-refractivity contribution is -0.118. The summed E-state index contributed by atoms with van der Waals surface area (Å²) in [5.41, 5.74) is 8.13. The fraction of sp³-hybridized carbons (Fsp3) is 0.240. The minimum atomic E-state index is -0.543. The molecule has 4 rings (SSSR count). The Labute approximate surface area is 218 Å². The summed E-state index contributed by atoms with van der Waals surface area (Å²) in [6.07, 6.45) is 1.12. The second-order valence-corrected chi connectivity index (χ2v) is 8.99. The Morgan fingerprint density at radius 2 is 1.97 bits per heavy atom. The minimum absolute atomic E-state index is 0.0384. The van der Waals surface area contributed by atoms with Gasteiger partial charge in [-0.15, -0.1) is 0 Å². The molecule has 0 radical (unpaired) electrons. The maximum absolute atomic E-state index is 13.2. The minimum Gasteiger partial charge on any atom is -0.370 e. The lowest BCUT2D eigenvalue weighted by Crippen LogP contribution is -2.40. The number of nitrogens with one attached hydrogen (secondary N) is 2. The molecule has 4 amide bonds. The second-order valence-electron chi connectivity index (χ2n) is 8.58. The molecule has 0 atom stereocenters. The number of nitrogens with zero attached hydrogens (tertiary/aromatic N) is 5. The van der Waals surface area contributed by atoms with E-state index in [9.17, 15) is 14.4 Å². The molecule has 3 aromatic heterocycles. The van der Waals surface area contributed by atoms with Crippen LogP contribution in [0.1, 0.15) is 23.5 Å². The third-order valence-corrected chi connectivity index (χ3v) is 6.34. The number of hydrogen-bond acceptors (Lipinski definition) is 6. The van der Waals surface area contributed by atoms with Crippen LogP contribution in [-0.2, 0) is 29.6 Å². The number of pyridine rings is 1. The number of aromatic nitrogens is 4. The van der Waals surface area contributed by atoms with Crippen molar-refractivity contribution >= 4 is 58.4 Å². The number of amides is 4. The molecule has 4 N–H and O–H groups in total. The molecule has 4 aromatic rings. The van der Waals surface area contributed by atoms with Crippen molar-refractivity contribution in [3.63, 3.8) is 0 Å². The number of aryl methyl sites for hydroxylation is 1. The van der Waals surface area contributed by atoms with Gasteiger partial charge in [0.15, 0.2) is 5.82 Å². The number of imide groups is 1. The van der Waals surface area contributed by atoms with Crippen LogP contribution < -0.4 is 16.0 Å². The number of carbonyl (C=O) groups excluding carboxylic acids is 3. The number of rotatable bonds is 9. The van der Waals surface area contributed by atoms with Gasteiger partial charge in [0, 0.05) is 47.8 Å². The summed E-state index contributed by atoms with van der Waals surface area (Å²) in [4.78, 5) is 50.8. The maximum Gasteiger partial charge on any atom is 0.332 e. The Balaban J connectivity index is 1.51. The van der Waals surface area contributed by atoms with Gasteiger partial charge < -0.3 is 20.6 Å². The first-order valence-electron chi connectivity index (χ1n) is 11.5. The first-order chi connectivity index (χ1) is 17.7. The molecule has 0 bridgehead atoms. The van der Waals surface area contributed by atoms with E-state index in [0.29, 0.717) is 52.5 Å². The highest BCUT2D eigenvalue weighted by molar-refractivity contribution is 6.35. The smallest absolute Gasteiger partial charge is 0.332 e. The average Bonchev–Trinajstić information content (AvgIpc) is 3.42. The molecule has 0 saturated heterocycles. The molecule has 0 aliphatic carbocycles. The van der Waals surface area contributed by atoms with Crippen LogP contribution >= 0.6 is 11.6 Å². The summed E-state index contributed by atoms with van der Waals surface area (Å²) < 4.78 is 1.78. The van der Waals surface area contributed by atoms with Gasteiger partial charge in [0.1, 0.15) is 5.82 Å². The van der Waals surface area contributed by atoms with Crippen LogP contribution in [0.2, 0.25) is 5.02 Å². The standard InChI is InChI=1S/C25H27ClN8O3/c1-15-23(31-24(32(15)2)30-22-9-4-6-16(29-22)10-11-21(27)36)33(3)25(37)34(14-35)13-17-12-18-19(26)7-5-8-20(18)28-17/h4-9,12,14,28H,10-11,13H2,1-3H3,(H2,27,36)(H,29,30,31). The van der Waals surface area contributed by atoms with Crippen LogP contribution in [0.3, 0.4) is 0 Å². The van der Waals surface area contributed by atoms with Crippen LogP contribution in [0.25, 0.3) is 10.9 Å². The Hall–Kier alpha value is -4.38. The number of primary amides is 1. The Morgan fingerprint density at radius 1 is 1.22 bits per heavy atom. The van der Waals surface area contributed by atoms with E-state index in [1.165, 1.54) is 4.90 Å². The van der Waals surface area contributed by atoms with Crippen molar-refractivity contribution in [2.75, 3.05) is 17.3 Å². The molecular formula is C25H27ClN8O3. The van der Waals surface area contributed by atoms with Crippen molar-refractivity contribution in [3.8, 4) is 0 Å². The molecule has 192 valence electrons. The van der Waals surface area contributed by atoms with Crippen LogP contribution in [0, 0.1) is 6.92 Å². The topological polar surface area (TPSA) is 142 Å². The molecule has 0 spiro atoms. The van der Waals surface area contributed by atoms with Gasteiger partial charge in [-0.3, -0.25) is 19.4 Å². The van der Waals surface area contributed by atoms with Crippen LogP contribution in [0.5, 0.6) is 0 Å². The fourth-order valence-electron chi connectivity index (χ4n) is 3.93. The van der Waals surface area contributed by atoms with Crippen molar-refractivity contribution in [2.45, 2.75) is 26.3 Å². The monoisotopic (exact) mass is 522 g/mol. The summed E-state index contributed by atoms with van der Waals surface area (Å²) in [6.45, 7) is 1.86. The summed E-state index contributed by atoms with van der Waals surface area (Å²) in [5, 5.41) is 4.54. The number of halogens is 1. The molecule has 0 aliphatic heterocycles. The van der Waals surface area contributed by atoms with Crippen LogP contribution in [0.4, 0.5) is 22.4 Å². The number of fused-ring (bicyclic) bond motifs is 1. The van der Waals surface area contributed by atoms with E-state index in [2.05, 4.69) is 20.3 Å². The van der Waals surface area contributed by atoms with Gasteiger partial charge in [-0.25, -0.2) is 9.78 Å². The van der Waals surface area contributed by atoms with Crippen molar-refractivity contribution < 1.29 is 14.4 Å². The SMILES string of the molecule is Cc1c(N(C)C(=O)N(C=O)Cc2cc3c(Cl)cccc3[nH]2)nc(Nc2cccc(CCC(N)=O)n2)n1C. The van der Waals surface area contributed by atoms with E-state index >= 15 is 0 Å². The molecular weight excluding hydrogens is 496 g/mol. The summed E-state index contributed by atoms with van der Waals surface area (Å²) >= 11 is 6.25. The molecule has 0 saturated carbocycles. The first-order valence-corrected chi connectivity index (χ1v) is 11.9. The number of aromatic amines is 1. The fourth-order valence-corrected chi connectivity index (χ4v) is 4.16. The van der Waals surface area contributed by atoms with Gasteiger partial charge in [-0.1, -0.05) is 23.7 Å². The predicted octanol–water partition coefficient (Wildman–Crippen LogP) is 3.63. The van der Waals surface area contributed by atoms with Crippen molar-refractivity contribution in [3.05, 3.63) is 64.6 Å². The number of carbonyl (C=O) groups is 3. The van der Waals surface area contributed by atoms with Crippen LogP contribution in [-0.4, -0.2) is 49.8 Å². The van der Waals surface area contributed by atoms with E-state index in [1.54, 1.807) is 30.8 Å². The number of urea groups is 1. The van der Waals surface area contributed by atoms with Gasteiger partial charge >= 0.3 is 6.03 Å². The number of H-pyrrole nitrogens is 1. The molecule has 0 unspecified atom stereocenters. The number of benzene rings is 1. The van der Waals surface area contributed by atoms with Crippen molar-refractivity contribution in [2.24, 2.45) is 12.8 Å². The van der Waals surface area contributed by atoms with E-state index in [4.69, 9.17) is 17.3 Å². The predicted molar refractivity (Wildman–Crippen MR) is 142 cm³/mol. The quantitative estimate of drug-likeness (QED) is 0.286. The number of imidazole rings is 1. The highest BCUT2D eigenvalue weighted by Crippen LogP contribution is 2.26. The van der Waals surface area contributed by atoms with Gasteiger partial charge in [0.25, 0.3) is 0 Å². The second kappa shape index (κ2) is 10.7. The number of nitrogens with two attached hydrogens (primary N) is 1. The first kappa shape index (κ1) is 25.7. The molecule has 11 nitrogen and oxygen atoms in total. The zero-order valence-corrected chi connectivity index (χ0v) is 21.4. The Morgan fingerprint density at radius 3 is 2.68 bits per heavy atom. The van der Waals surface area contributed by atoms with E-state index < -0.39 is 11.9 Å². The number of hydrogen-bond donors (Lipinski definition) is 3. The summed E-state index contributed by atoms with van der Waals surface area (Å²) in [5.74, 6) is 0.971. The molecule has 12 heteroatoms. The summed E-state index contributed by atoms with van der Waals surface area (Å²) in [7, 11) is 3.36. The maximum atomic E-state index is 13.2. The highest BCUT2D eigenvalue weighted by atomic mass is 35.5. The van der Waals surface area contributed by atoms with Gasteiger partial charge in [0.2, 0.25) is 18.3 Å². The third kappa shape index (κ3) is 5.56. The molecule has 0 aliphatic rings. The van der Waals surface area contributed by atoms with Crippen molar-refractivity contribution in [1.82, 2.24) is 24.4 Å². The van der Waals surface area contributed by atoms with E-state index in [1.807, 2.05) is 37.3 Å². The van der Waals surface area contributed by atoms with Crippen LogP contribution in [0.15, 0.2) is 42.5 Å². The molecule has 37 heavy (non-hydrogen) atoms. The Bertz CT molecular complexity index is 1480. The largest absolute Gasteiger partial charge is 0.370 e. The van der Waals surface area contributed by atoms with E-state index in [-0.39, 0.29) is 13.0 Å². The Kier molecular flexibility index (Phi) is 7.44. The lowest BCUT2D eigenvalue weighted by Gasteiger charge is -2.22.